The molecule has 0 spiro atoms. The van der Waals surface area contributed by atoms with Crippen molar-refractivity contribution in [3.63, 3.8) is 0 Å². The highest BCUT2D eigenvalue weighted by molar-refractivity contribution is 6.37. The van der Waals surface area contributed by atoms with E-state index in [1.807, 2.05) is 42.5 Å². The van der Waals surface area contributed by atoms with E-state index < -0.39 is 0 Å². The van der Waals surface area contributed by atoms with Gasteiger partial charge in [-0.3, -0.25) is 9.69 Å². The van der Waals surface area contributed by atoms with Crippen LogP contribution in [0.4, 0.5) is 11.5 Å². The number of hydrogen-bond donors (Lipinski definition) is 2. The van der Waals surface area contributed by atoms with Gasteiger partial charge in [0.25, 0.3) is 0 Å². The third-order valence-corrected chi connectivity index (χ3v) is 6.79. The van der Waals surface area contributed by atoms with E-state index in [2.05, 4.69) is 10.2 Å². The Morgan fingerprint density at radius 1 is 1.00 bits per heavy atom. The van der Waals surface area contributed by atoms with Crippen LogP contribution >= 0.6 is 48.0 Å². The van der Waals surface area contributed by atoms with Gasteiger partial charge in [0.15, 0.2) is 11.5 Å². The van der Waals surface area contributed by atoms with E-state index in [0.717, 1.165) is 37.2 Å². The zero-order chi connectivity index (χ0) is 24.5. The molecule has 194 valence electrons. The normalized spacial score (nSPS) is 13.2. The van der Waals surface area contributed by atoms with Gasteiger partial charge >= 0.3 is 0 Å². The minimum atomic E-state index is -0.162. The second kappa shape index (κ2) is 12.3. The molecule has 0 amide bonds. The average molecular weight is 580 g/mol. The number of Topliss-reactive ketones (excluding diaryl/α,β-unsaturated/α-hetero) is 1. The Hall–Kier alpha value is -2.61. The first-order chi connectivity index (χ1) is 16.9. The first-order valence-electron chi connectivity index (χ1n) is 11.5. The van der Waals surface area contributed by atoms with E-state index in [-0.39, 0.29) is 46.4 Å². The fourth-order valence-electron chi connectivity index (χ4n) is 4.52. The molecule has 10 heteroatoms. The van der Waals surface area contributed by atoms with Gasteiger partial charge in [0.05, 0.1) is 32.3 Å². The molecule has 1 saturated heterocycles. The molecule has 2 N–H and O–H groups in total. The number of carbonyl (C=O) groups excluding carboxylic acids is 1. The number of phenolic OH excluding ortho intramolecular Hbond substituents is 1. The van der Waals surface area contributed by atoms with Crippen LogP contribution in [-0.2, 0) is 6.54 Å². The van der Waals surface area contributed by atoms with E-state index in [1.54, 1.807) is 19.1 Å². The summed E-state index contributed by atoms with van der Waals surface area (Å²) in [5.41, 5.74) is 4.89. The number of hydrogen-bond acceptors (Lipinski definition) is 6. The van der Waals surface area contributed by atoms with Crippen molar-refractivity contribution in [1.82, 2.24) is 14.9 Å². The molecule has 2 aromatic carbocycles. The number of nitrogens with one attached hydrogen (secondary N) is 1. The van der Waals surface area contributed by atoms with Gasteiger partial charge in [-0.05, 0) is 69.3 Å². The van der Waals surface area contributed by atoms with E-state index in [0.29, 0.717) is 40.2 Å². The second-order valence-corrected chi connectivity index (χ2v) is 9.51. The van der Waals surface area contributed by atoms with E-state index >= 15 is 0 Å². The van der Waals surface area contributed by atoms with Crippen LogP contribution in [0.15, 0.2) is 54.6 Å². The van der Waals surface area contributed by atoms with Crippen molar-refractivity contribution in [2.75, 3.05) is 18.4 Å². The molecular formula is C27H26Cl4N4O2. The van der Waals surface area contributed by atoms with Crippen molar-refractivity contribution in [3.8, 4) is 17.0 Å². The largest absolute Gasteiger partial charge is 0.505 e. The zero-order valence-corrected chi connectivity index (χ0v) is 23.1. The number of halogens is 4. The lowest BCUT2D eigenvalue weighted by Gasteiger charge is -2.21. The zero-order valence-electron chi connectivity index (χ0n) is 20.0. The Morgan fingerprint density at radius 2 is 1.65 bits per heavy atom. The standard InChI is InChI=1S/C27H24Cl2N4O2.2ClH/c1-16(34)24-19(15-33-11-5-6-12-33)25-23(32-27(24)30-18-7-3-2-4-8-18)10-9-22(31-25)17-13-20(28)26(35)21(29)14-17;;/h2-4,7-10,13-14,35H,5-6,11-12,15H2,1H3,(H,30,32);2*1H. The summed E-state index contributed by atoms with van der Waals surface area (Å²) in [6, 6.07) is 16.7. The summed E-state index contributed by atoms with van der Waals surface area (Å²) >= 11 is 12.3. The Kier molecular flexibility index (Phi) is 9.62. The molecule has 5 rings (SSSR count). The minimum absolute atomic E-state index is 0. The van der Waals surface area contributed by atoms with Gasteiger partial charge in [-0.25, -0.2) is 9.97 Å². The average Bonchev–Trinajstić information content (AvgIpc) is 3.35. The summed E-state index contributed by atoms with van der Waals surface area (Å²) < 4.78 is 0. The molecule has 6 nitrogen and oxygen atoms in total. The van der Waals surface area contributed by atoms with Gasteiger partial charge in [-0.2, -0.15) is 0 Å². The SMILES string of the molecule is CC(=O)c1c(Nc2ccccc2)nc2ccc(-c3cc(Cl)c(O)c(Cl)c3)nc2c1CN1CCCC1.Cl.Cl. The maximum Gasteiger partial charge on any atom is 0.163 e. The molecule has 2 aromatic heterocycles. The molecule has 4 aromatic rings. The summed E-state index contributed by atoms with van der Waals surface area (Å²) in [6.45, 7) is 4.12. The number of benzene rings is 2. The first kappa shape index (κ1) is 29.0. The topological polar surface area (TPSA) is 78.3 Å². The Labute approximate surface area is 237 Å². The quantitative estimate of drug-likeness (QED) is 0.228. The van der Waals surface area contributed by atoms with Crippen molar-refractivity contribution >= 4 is 76.3 Å². The highest BCUT2D eigenvalue weighted by atomic mass is 35.5. The number of ketones is 1. The number of aromatic hydroxyl groups is 1. The van der Waals surface area contributed by atoms with Crippen LogP contribution in [0.2, 0.25) is 10.0 Å². The third-order valence-electron chi connectivity index (χ3n) is 6.21. The van der Waals surface area contributed by atoms with Gasteiger partial charge < -0.3 is 10.4 Å². The Balaban J connectivity index is 0.00000190. The monoisotopic (exact) mass is 578 g/mol. The van der Waals surface area contributed by atoms with Crippen molar-refractivity contribution in [2.45, 2.75) is 26.3 Å². The predicted octanol–water partition coefficient (Wildman–Crippen LogP) is 7.69. The number of anilines is 2. The van der Waals surface area contributed by atoms with E-state index in [4.69, 9.17) is 33.2 Å². The van der Waals surface area contributed by atoms with Crippen LogP contribution in [0.25, 0.3) is 22.3 Å². The van der Waals surface area contributed by atoms with Crippen LogP contribution < -0.4 is 5.32 Å². The van der Waals surface area contributed by atoms with Gasteiger partial charge in [0, 0.05) is 23.4 Å². The lowest BCUT2D eigenvalue weighted by molar-refractivity contribution is 0.101. The number of likely N-dealkylation sites (tertiary alicyclic amines) is 1. The number of pyridine rings is 2. The number of carbonyl (C=O) groups is 1. The van der Waals surface area contributed by atoms with Crippen LogP contribution in [0.5, 0.6) is 5.75 Å². The molecule has 1 aliphatic heterocycles. The van der Waals surface area contributed by atoms with Gasteiger partial charge in [-0.15, -0.1) is 24.8 Å². The molecule has 0 bridgehead atoms. The van der Waals surface area contributed by atoms with Gasteiger partial charge in [-0.1, -0.05) is 41.4 Å². The Bertz CT molecular complexity index is 1400. The number of aromatic nitrogens is 2. The second-order valence-electron chi connectivity index (χ2n) is 8.70. The number of rotatable bonds is 6. The van der Waals surface area contributed by atoms with Crippen LogP contribution in [0, 0.1) is 0 Å². The van der Waals surface area contributed by atoms with Crippen molar-refractivity contribution in [3.05, 3.63) is 75.8 Å². The lowest BCUT2D eigenvalue weighted by Crippen LogP contribution is -2.21. The summed E-state index contributed by atoms with van der Waals surface area (Å²) in [5, 5.41) is 13.6. The molecule has 0 saturated carbocycles. The first-order valence-corrected chi connectivity index (χ1v) is 12.2. The molecule has 0 radical (unpaired) electrons. The van der Waals surface area contributed by atoms with Gasteiger partial charge in [0.2, 0.25) is 0 Å². The molecule has 0 atom stereocenters. The van der Waals surface area contributed by atoms with Crippen LogP contribution in [0.3, 0.4) is 0 Å². The summed E-state index contributed by atoms with van der Waals surface area (Å²) in [4.78, 5) is 25.1. The third kappa shape index (κ3) is 6.11. The fraction of sp³-hybridized carbons (Fsp3) is 0.222. The maximum atomic E-state index is 13.0. The predicted molar refractivity (Wildman–Crippen MR) is 155 cm³/mol. The minimum Gasteiger partial charge on any atom is -0.505 e. The van der Waals surface area contributed by atoms with Crippen molar-refractivity contribution < 1.29 is 9.90 Å². The highest BCUT2D eigenvalue weighted by Crippen LogP contribution is 2.37. The molecule has 0 unspecified atom stereocenters. The van der Waals surface area contributed by atoms with Crippen LogP contribution in [-0.4, -0.2) is 38.8 Å². The van der Waals surface area contributed by atoms with Crippen LogP contribution in [0.1, 0.15) is 35.7 Å². The van der Waals surface area contributed by atoms with E-state index in [1.165, 1.54) is 0 Å². The summed E-state index contributed by atoms with van der Waals surface area (Å²) in [7, 11) is 0. The molecular weight excluding hydrogens is 554 g/mol. The lowest BCUT2D eigenvalue weighted by atomic mass is 10.0. The van der Waals surface area contributed by atoms with Crippen molar-refractivity contribution in [2.24, 2.45) is 0 Å². The maximum absolute atomic E-state index is 13.0. The number of phenols is 1. The van der Waals surface area contributed by atoms with Crippen molar-refractivity contribution in [1.29, 1.82) is 0 Å². The Morgan fingerprint density at radius 3 is 2.27 bits per heavy atom. The molecule has 3 heterocycles. The molecule has 37 heavy (non-hydrogen) atoms. The molecule has 1 aliphatic rings. The molecule has 0 aliphatic carbocycles. The summed E-state index contributed by atoms with van der Waals surface area (Å²) in [5.74, 6) is 0.287. The summed E-state index contributed by atoms with van der Waals surface area (Å²) in [6.07, 6.45) is 2.27. The number of nitrogens with zero attached hydrogens (tertiary/aromatic N) is 3. The number of para-hydroxylation sites is 1. The molecule has 1 fully saturated rings. The fourth-order valence-corrected chi connectivity index (χ4v) is 5.01. The smallest absolute Gasteiger partial charge is 0.163 e. The number of fused-ring (bicyclic) bond motifs is 1. The highest BCUT2D eigenvalue weighted by Gasteiger charge is 2.24. The van der Waals surface area contributed by atoms with Gasteiger partial charge in [0.1, 0.15) is 5.82 Å². The van der Waals surface area contributed by atoms with E-state index in [9.17, 15) is 9.90 Å².